The molecular formula is C12H24AlNaO4. The molecule has 6 heteroatoms. The average molecular weight is 282 g/mol. The number of rotatable bonds is 9. The third kappa shape index (κ3) is 14.3. The van der Waals surface area contributed by atoms with Gasteiger partial charge < -0.3 is 11.6 Å². The van der Waals surface area contributed by atoms with Crippen molar-refractivity contribution in [1.29, 1.82) is 0 Å². The maximum Gasteiger partial charge on any atom is 1.00 e. The molecule has 4 nitrogen and oxygen atoms in total. The standard InChI is InChI=1S/C12H20O4.Al.Na.4H/c1-2-3-4-5-6-7-8-10(12(15)16)9-11(13)14;;;;;;/h7-8,10H,2-6,9H2,1H3,(H,13,14)(H,15,16);;;;;;/q;;+1;;;;-1. The molecule has 0 aromatic carbocycles. The molecule has 0 saturated carbocycles. The zero-order valence-electron chi connectivity index (χ0n) is 11.7. The Morgan fingerprint density at radius 1 is 1.22 bits per heavy atom. The van der Waals surface area contributed by atoms with E-state index in [9.17, 15) is 9.59 Å². The van der Waals surface area contributed by atoms with Gasteiger partial charge in [0.25, 0.3) is 0 Å². The Bertz CT molecular complexity index is 262. The monoisotopic (exact) mass is 282 g/mol. The molecule has 0 heterocycles. The van der Waals surface area contributed by atoms with Crippen LogP contribution in [0, 0.1) is 5.92 Å². The molecule has 0 aromatic heterocycles. The molecular weight excluding hydrogens is 258 g/mol. The van der Waals surface area contributed by atoms with Gasteiger partial charge in [0.05, 0.1) is 12.3 Å². The van der Waals surface area contributed by atoms with Gasteiger partial charge in [-0.05, 0) is 12.8 Å². The molecule has 0 aromatic rings. The number of aliphatic carboxylic acids is 2. The molecule has 0 saturated heterocycles. The Balaban J connectivity index is -0.000000375. The van der Waals surface area contributed by atoms with Crippen LogP contribution in [0.4, 0.5) is 0 Å². The summed E-state index contributed by atoms with van der Waals surface area (Å²) in [5.74, 6) is -3.06. The fourth-order valence-corrected chi connectivity index (χ4v) is 1.38. The summed E-state index contributed by atoms with van der Waals surface area (Å²) in [4.78, 5) is 21.1. The fourth-order valence-electron chi connectivity index (χ4n) is 1.38. The van der Waals surface area contributed by atoms with Gasteiger partial charge in [-0.3, -0.25) is 9.59 Å². The van der Waals surface area contributed by atoms with E-state index >= 15 is 0 Å². The third-order valence-corrected chi connectivity index (χ3v) is 2.30. The number of allylic oxidation sites excluding steroid dienone is 1. The second-order valence-corrected chi connectivity index (χ2v) is 3.82. The van der Waals surface area contributed by atoms with Gasteiger partial charge in [0.15, 0.2) is 17.4 Å². The van der Waals surface area contributed by atoms with Gasteiger partial charge in [0.2, 0.25) is 0 Å². The van der Waals surface area contributed by atoms with Crippen molar-refractivity contribution >= 4 is 29.3 Å². The summed E-state index contributed by atoms with van der Waals surface area (Å²) < 4.78 is 0. The minimum Gasteiger partial charge on any atom is -1.00 e. The van der Waals surface area contributed by atoms with Crippen molar-refractivity contribution in [3.8, 4) is 0 Å². The van der Waals surface area contributed by atoms with Crippen molar-refractivity contribution < 1.29 is 50.8 Å². The third-order valence-electron chi connectivity index (χ3n) is 2.30. The Morgan fingerprint density at radius 3 is 2.28 bits per heavy atom. The molecule has 0 bridgehead atoms. The smallest absolute Gasteiger partial charge is 1.00 e. The molecule has 1 unspecified atom stereocenters. The van der Waals surface area contributed by atoms with Crippen molar-refractivity contribution in [3.05, 3.63) is 12.2 Å². The van der Waals surface area contributed by atoms with Crippen molar-refractivity contribution in [2.24, 2.45) is 5.92 Å². The quantitative estimate of drug-likeness (QED) is 0.310. The van der Waals surface area contributed by atoms with E-state index in [2.05, 4.69) is 6.92 Å². The molecule has 0 aliphatic rings. The summed E-state index contributed by atoms with van der Waals surface area (Å²) in [5, 5.41) is 17.3. The van der Waals surface area contributed by atoms with Crippen LogP contribution in [0.2, 0.25) is 0 Å². The predicted molar refractivity (Wildman–Crippen MR) is 72.3 cm³/mol. The molecule has 100 valence electrons. The van der Waals surface area contributed by atoms with Gasteiger partial charge in [0.1, 0.15) is 0 Å². The normalized spacial score (nSPS) is 11.4. The first-order chi connectivity index (χ1) is 7.57. The summed E-state index contributed by atoms with van der Waals surface area (Å²) in [6, 6.07) is 0. The number of carboxylic acids is 2. The minimum atomic E-state index is -1.08. The van der Waals surface area contributed by atoms with E-state index in [1.165, 1.54) is 18.9 Å². The van der Waals surface area contributed by atoms with Crippen LogP contribution in [-0.2, 0) is 9.59 Å². The van der Waals surface area contributed by atoms with Crippen LogP contribution in [0.3, 0.4) is 0 Å². The number of carbonyl (C=O) groups is 2. The molecule has 0 fully saturated rings. The zero-order valence-corrected chi connectivity index (χ0v) is 12.7. The van der Waals surface area contributed by atoms with E-state index in [0.29, 0.717) is 0 Å². The number of hydrogen-bond donors (Lipinski definition) is 2. The van der Waals surface area contributed by atoms with Crippen molar-refractivity contribution in [1.82, 2.24) is 0 Å². The Kier molecular flexibility index (Phi) is 19.8. The van der Waals surface area contributed by atoms with Gasteiger partial charge in [0, 0.05) is 0 Å². The summed E-state index contributed by atoms with van der Waals surface area (Å²) >= 11 is 0. The van der Waals surface area contributed by atoms with Crippen LogP contribution in [0.5, 0.6) is 0 Å². The van der Waals surface area contributed by atoms with E-state index in [0.717, 1.165) is 19.3 Å². The molecule has 0 aliphatic carbocycles. The van der Waals surface area contributed by atoms with Crippen LogP contribution in [0.25, 0.3) is 0 Å². The maximum absolute atomic E-state index is 10.7. The molecule has 0 spiro atoms. The van der Waals surface area contributed by atoms with Crippen LogP contribution in [0.15, 0.2) is 12.2 Å². The SMILES string of the molecule is CCCCCCC=CC(CC(=O)O)C(=O)O.[AlH3].[H-].[Na+]. The number of unbranched alkanes of at least 4 members (excludes halogenated alkanes) is 4. The first-order valence-corrected chi connectivity index (χ1v) is 5.69. The van der Waals surface area contributed by atoms with Crippen LogP contribution in [0.1, 0.15) is 46.9 Å². The Morgan fingerprint density at radius 2 is 1.83 bits per heavy atom. The molecule has 0 aliphatic heterocycles. The number of carboxylic acid groups (broad SMARTS) is 2. The van der Waals surface area contributed by atoms with Crippen molar-refractivity contribution in [2.45, 2.75) is 45.4 Å². The topological polar surface area (TPSA) is 74.6 Å². The molecule has 0 rings (SSSR count). The summed E-state index contributed by atoms with van der Waals surface area (Å²) in [7, 11) is 0. The van der Waals surface area contributed by atoms with E-state index in [1.54, 1.807) is 6.08 Å². The summed E-state index contributed by atoms with van der Waals surface area (Å²) in [6.07, 6.45) is 8.26. The van der Waals surface area contributed by atoms with Crippen LogP contribution >= 0.6 is 0 Å². The first-order valence-electron chi connectivity index (χ1n) is 5.69. The molecule has 18 heavy (non-hydrogen) atoms. The van der Waals surface area contributed by atoms with Crippen LogP contribution < -0.4 is 29.6 Å². The fraction of sp³-hybridized carbons (Fsp3) is 0.667. The van der Waals surface area contributed by atoms with Gasteiger partial charge >= 0.3 is 41.5 Å². The largest absolute Gasteiger partial charge is 1.00 e. The van der Waals surface area contributed by atoms with Gasteiger partial charge in [-0.2, -0.15) is 0 Å². The van der Waals surface area contributed by atoms with E-state index in [4.69, 9.17) is 10.2 Å². The zero-order chi connectivity index (χ0) is 12.4. The maximum atomic E-state index is 10.7. The Labute approximate surface area is 143 Å². The van der Waals surface area contributed by atoms with E-state index in [-0.39, 0.29) is 54.8 Å². The molecule has 2 N–H and O–H groups in total. The first kappa shape index (κ1) is 23.3. The summed E-state index contributed by atoms with van der Waals surface area (Å²) in [6.45, 7) is 2.13. The average Bonchev–Trinajstić information content (AvgIpc) is 2.20. The van der Waals surface area contributed by atoms with E-state index in [1.807, 2.05) is 0 Å². The molecule has 0 amide bonds. The van der Waals surface area contributed by atoms with E-state index < -0.39 is 17.9 Å². The minimum absolute atomic E-state index is 0. The van der Waals surface area contributed by atoms with Crippen molar-refractivity contribution in [3.63, 3.8) is 0 Å². The van der Waals surface area contributed by atoms with Crippen LogP contribution in [-0.4, -0.2) is 39.5 Å². The molecule has 1 atom stereocenters. The molecule has 0 radical (unpaired) electrons. The van der Waals surface area contributed by atoms with Gasteiger partial charge in [-0.25, -0.2) is 0 Å². The summed E-state index contributed by atoms with van der Waals surface area (Å²) in [5.41, 5.74) is 0. The Hall–Kier alpha value is 0.212. The predicted octanol–water partition coefficient (Wildman–Crippen LogP) is -1.38. The van der Waals surface area contributed by atoms with Gasteiger partial charge in [-0.1, -0.05) is 38.3 Å². The second kappa shape index (κ2) is 15.3. The van der Waals surface area contributed by atoms with Gasteiger partial charge in [-0.15, -0.1) is 0 Å². The second-order valence-electron chi connectivity index (χ2n) is 3.82. The van der Waals surface area contributed by atoms with Crippen molar-refractivity contribution in [2.75, 3.05) is 0 Å². The number of hydrogen-bond acceptors (Lipinski definition) is 2.